The minimum absolute atomic E-state index is 0. The quantitative estimate of drug-likeness (QED) is 0.0925. The molecule has 0 amide bonds. The largest absolute Gasteiger partial charge is 1.00 e. The zero-order chi connectivity index (χ0) is 22.7. The predicted octanol–water partition coefficient (Wildman–Crippen LogP) is 0.968. The molecular formula is C22H39NaO7S. The Morgan fingerprint density at radius 2 is 1.32 bits per heavy atom. The fraction of sp³-hybridized carbons (Fsp3) is 0.818. The van der Waals surface area contributed by atoms with E-state index < -0.39 is 33.7 Å². The van der Waals surface area contributed by atoms with Crippen molar-refractivity contribution in [1.82, 2.24) is 0 Å². The molecule has 0 saturated heterocycles. The van der Waals surface area contributed by atoms with E-state index in [1.54, 1.807) is 0 Å². The van der Waals surface area contributed by atoms with Crippen molar-refractivity contribution in [2.24, 2.45) is 0 Å². The average Bonchev–Trinajstić information content (AvgIpc) is 2.67. The van der Waals surface area contributed by atoms with E-state index in [4.69, 9.17) is 9.29 Å². The Bertz CT molecular complexity index is 591. The Hall–Kier alpha value is -0.410. The molecule has 0 spiro atoms. The maximum atomic E-state index is 11.6. The van der Waals surface area contributed by atoms with Crippen molar-refractivity contribution in [3.8, 4) is 0 Å². The predicted molar refractivity (Wildman–Crippen MR) is 115 cm³/mol. The molecule has 0 aliphatic carbocycles. The van der Waals surface area contributed by atoms with Gasteiger partial charge in [0.1, 0.15) is 0 Å². The second-order valence-electron chi connectivity index (χ2n) is 7.69. The third-order valence-corrected chi connectivity index (χ3v) is 5.95. The van der Waals surface area contributed by atoms with Gasteiger partial charge in [-0.3, -0.25) is 9.35 Å². The Balaban J connectivity index is 0. The van der Waals surface area contributed by atoms with Crippen LogP contribution >= 0.6 is 0 Å². The number of rotatable bonds is 20. The summed E-state index contributed by atoms with van der Waals surface area (Å²) in [5.41, 5.74) is 0. The number of ether oxygens (including phenoxy) is 1. The van der Waals surface area contributed by atoms with E-state index in [1.165, 1.54) is 44.9 Å². The zero-order valence-electron chi connectivity index (χ0n) is 19.4. The van der Waals surface area contributed by atoms with Gasteiger partial charge in [-0.2, -0.15) is 8.42 Å². The summed E-state index contributed by atoms with van der Waals surface area (Å²) >= 11 is 0. The van der Waals surface area contributed by atoms with E-state index in [2.05, 4.69) is 19.1 Å². The van der Waals surface area contributed by atoms with Gasteiger partial charge in [-0.1, -0.05) is 76.9 Å². The molecule has 0 aromatic carbocycles. The molecule has 0 aromatic heterocycles. The molecule has 0 saturated carbocycles. The molecule has 7 nitrogen and oxygen atoms in total. The number of carbonyl (C=O) groups excluding carboxylic acids is 2. The maximum Gasteiger partial charge on any atom is 1.00 e. The number of hydrogen-bond donors (Lipinski definition) is 1. The van der Waals surface area contributed by atoms with Crippen LogP contribution in [0.2, 0.25) is 0 Å². The van der Waals surface area contributed by atoms with Gasteiger partial charge >= 0.3 is 35.5 Å². The molecule has 1 atom stereocenters. The van der Waals surface area contributed by atoms with Crippen LogP contribution < -0.4 is 34.7 Å². The Morgan fingerprint density at radius 1 is 0.871 bits per heavy atom. The first-order valence-electron chi connectivity index (χ1n) is 11.3. The first kappa shape index (κ1) is 32.8. The second-order valence-corrected chi connectivity index (χ2v) is 9.28. The Labute approximate surface area is 210 Å². The maximum absolute atomic E-state index is 11.6. The molecule has 1 unspecified atom stereocenters. The van der Waals surface area contributed by atoms with Crippen molar-refractivity contribution < 1.29 is 62.0 Å². The molecule has 0 heterocycles. The topological polar surface area (TPSA) is 121 Å². The van der Waals surface area contributed by atoms with Crippen LogP contribution in [-0.4, -0.2) is 36.8 Å². The summed E-state index contributed by atoms with van der Waals surface area (Å²) < 4.78 is 35.8. The van der Waals surface area contributed by atoms with Crippen molar-refractivity contribution in [2.75, 3.05) is 6.61 Å². The van der Waals surface area contributed by atoms with Gasteiger partial charge in [0.2, 0.25) is 0 Å². The molecule has 0 aliphatic heterocycles. The third kappa shape index (κ3) is 21.2. The summed E-state index contributed by atoms with van der Waals surface area (Å²) in [5, 5.41) is 8.37. The molecule has 1 N–H and O–H groups in total. The zero-order valence-corrected chi connectivity index (χ0v) is 22.2. The number of unbranched alkanes of at least 4 members (excludes halogenated alkanes) is 12. The van der Waals surface area contributed by atoms with E-state index in [9.17, 15) is 23.1 Å². The monoisotopic (exact) mass is 470 g/mol. The minimum atomic E-state index is -4.83. The molecular weight excluding hydrogens is 431 g/mol. The summed E-state index contributed by atoms with van der Waals surface area (Å²) in [7, 11) is -4.83. The Morgan fingerprint density at radius 3 is 1.77 bits per heavy atom. The average molecular weight is 471 g/mol. The first-order chi connectivity index (χ1) is 14.3. The number of hydrogen-bond acceptors (Lipinski definition) is 6. The van der Waals surface area contributed by atoms with Crippen LogP contribution in [0.5, 0.6) is 0 Å². The third-order valence-electron chi connectivity index (χ3n) is 4.87. The van der Waals surface area contributed by atoms with Crippen molar-refractivity contribution >= 4 is 22.1 Å². The minimum Gasteiger partial charge on any atom is -0.550 e. The van der Waals surface area contributed by atoms with Gasteiger partial charge in [-0.15, -0.1) is 0 Å². The fourth-order valence-electron chi connectivity index (χ4n) is 3.08. The summed E-state index contributed by atoms with van der Waals surface area (Å²) in [6.45, 7) is 2.23. The van der Waals surface area contributed by atoms with Gasteiger partial charge in [-0.05, 0) is 32.1 Å². The van der Waals surface area contributed by atoms with Crippen LogP contribution in [0.1, 0.15) is 103 Å². The van der Waals surface area contributed by atoms with Crippen LogP contribution in [0.15, 0.2) is 12.2 Å². The van der Waals surface area contributed by atoms with E-state index in [0.717, 1.165) is 38.5 Å². The van der Waals surface area contributed by atoms with Crippen molar-refractivity contribution in [2.45, 2.75) is 108 Å². The van der Waals surface area contributed by atoms with E-state index in [0.29, 0.717) is 6.42 Å². The number of carboxylic acid groups (broad SMARTS) is 1. The number of carbonyl (C=O) groups is 2. The standard InChI is InChI=1S/C22H40O7S.Na/c1-2-3-4-5-6-7-8-9-10-11-12-13-14-15-16-17-18-29-22(25)20(19-21(23)24)30(26,27)28;/h9-10,20H,2-8,11-19H2,1H3,(H,23,24)(H,26,27,28);/q;+1/p-1/b10-9-;. The van der Waals surface area contributed by atoms with E-state index in [-0.39, 0.29) is 36.2 Å². The van der Waals surface area contributed by atoms with Crippen LogP contribution in [0.4, 0.5) is 0 Å². The molecule has 0 bridgehead atoms. The van der Waals surface area contributed by atoms with Gasteiger partial charge in [0.25, 0.3) is 10.1 Å². The molecule has 31 heavy (non-hydrogen) atoms. The smallest absolute Gasteiger partial charge is 0.550 e. The molecule has 9 heteroatoms. The molecule has 0 fully saturated rings. The molecule has 176 valence electrons. The summed E-state index contributed by atoms with van der Waals surface area (Å²) in [4.78, 5) is 22.1. The van der Waals surface area contributed by atoms with Gasteiger partial charge < -0.3 is 14.6 Å². The summed E-state index contributed by atoms with van der Waals surface area (Å²) in [6, 6.07) is 0. The van der Waals surface area contributed by atoms with Gasteiger partial charge in [-0.25, -0.2) is 0 Å². The normalized spacial score (nSPS) is 12.5. The van der Waals surface area contributed by atoms with Crippen molar-refractivity contribution in [3.63, 3.8) is 0 Å². The Kier molecular flexibility index (Phi) is 22.7. The number of carboxylic acids is 1. The summed E-state index contributed by atoms with van der Waals surface area (Å²) in [6.07, 6.45) is 19.4. The van der Waals surface area contributed by atoms with Crippen LogP contribution in [0, 0.1) is 0 Å². The van der Waals surface area contributed by atoms with E-state index >= 15 is 0 Å². The number of aliphatic carboxylic acids is 1. The van der Waals surface area contributed by atoms with Crippen LogP contribution in [0.25, 0.3) is 0 Å². The van der Waals surface area contributed by atoms with Crippen molar-refractivity contribution in [3.05, 3.63) is 12.2 Å². The summed E-state index contributed by atoms with van der Waals surface area (Å²) in [5.74, 6) is -3.00. The van der Waals surface area contributed by atoms with Crippen LogP contribution in [-0.2, 0) is 24.4 Å². The SMILES string of the molecule is CCCCCCCC/C=C\CCCCCCCCOC(=O)C(CC(=O)[O-])S(=O)(=O)O.[Na+]. The fourth-order valence-corrected chi connectivity index (χ4v) is 3.73. The molecule has 0 rings (SSSR count). The van der Waals surface area contributed by atoms with Gasteiger partial charge in [0.05, 0.1) is 6.61 Å². The number of esters is 1. The van der Waals surface area contributed by atoms with Gasteiger partial charge in [0, 0.05) is 12.4 Å². The van der Waals surface area contributed by atoms with Gasteiger partial charge in [0.15, 0.2) is 5.25 Å². The van der Waals surface area contributed by atoms with Crippen molar-refractivity contribution in [1.29, 1.82) is 0 Å². The molecule has 0 aromatic rings. The second kappa shape index (κ2) is 21.4. The molecule has 0 radical (unpaired) electrons. The first-order valence-corrected chi connectivity index (χ1v) is 12.8. The van der Waals surface area contributed by atoms with E-state index in [1.807, 2.05) is 0 Å². The van der Waals surface area contributed by atoms with Crippen LogP contribution in [0.3, 0.4) is 0 Å². The number of allylic oxidation sites excluding steroid dienone is 2. The molecule has 0 aliphatic rings.